The second-order valence-electron chi connectivity index (χ2n) is 8.38. The second kappa shape index (κ2) is 7.63. The van der Waals surface area contributed by atoms with Gasteiger partial charge < -0.3 is 0 Å². The Labute approximate surface area is 159 Å². The second-order valence-corrected chi connectivity index (χ2v) is 8.38. The number of hydrogen-bond acceptors (Lipinski definition) is 3. The molecular formula is C23H25NO3. The van der Waals surface area contributed by atoms with Crippen molar-refractivity contribution < 1.29 is 9.72 Å². The first-order valence-corrected chi connectivity index (χ1v) is 9.92. The highest BCUT2D eigenvalue weighted by atomic mass is 16.6. The number of benzene rings is 2. The van der Waals surface area contributed by atoms with E-state index in [1.165, 1.54) is 47.9 Å². The van der Waals surface area contributed by atoms with Crippen LogP contribution in [0.25, 0.3) is 0 Å². The number of hydrogen-bond donors (Lipinski definition) is 0. The Balaban J connectivity index is 0.000000150. The summed E-state index contributed by atoms with van der Waals surface area (Å²) in [6.07, 6.45) is 9.62. The van der Waals surface area contributed by atoms with Crippen molar-refractivity contribution in [3.63, 3.8) is 0 Å². The summed E-state index contributed by atoms with van der Waals surface area (Å²) in [6, 6.07) is 14.4. The number of ketones is 1. The van der Waals surface area contributed by atoms with Gasteiger partial charge in [0.25, 0.3) is 5.69 Å². The van der Waals surface area contributed by atoms with Gasteiger partial charge in [-0.3, -0.25) is 14.9 Å². The van der Waals surface area contributed by atoms with E-state index in [2.05, 4.69) is 0 Å². The van der Waals surface area contributed by atoms with Gasteiger partial charge >= 0.3 is 0 Å². The molecular weight excluding hydrogens is 338 g/mol. The summed E-state index contributed by atoms with van der Waals surface area (Å²) >= 11 is 0. The van der Waals surface area contributed by atoms with Crippen molar-refractivity contribution in [1.29, 1.82) is 0 Å². The summed E-state index contributed by atoms with van der Waals surface area (Å²) in [5.74, 6) is 4.57. The minimum absolute atomic E-state index is 0.0189. The first-order chi connectivity index (χ1) is 13.1. The lowest BCUT2D eigenvalue weighted by Gasteiger charge is -2.49. The van der Waals surface area contributed by atoms with Crippen LogP contribution >= 0.6 is 0 Å². The van der Waals surface area contributed by atoms with Crippen LogP contribution in [0.1, 0.15) is 54.4 Å². The van der Waals surface area contributed by atoms with E-state index in [1.807, 2.05) is 6.07 Å². The number of nitro benzene ring substituents is 1. The molecule has 0 N–H and O–H groups in total. The van der Waals surface area contributed by atoms with Crippen LogP contribution in [0.2, 0.25) is 0 Å². The fourth-order valence-electron chi connectivity index (χ4n) is 5.47. The van der Waals surface area contributed by atoms with E-state index < -0.39 is 4.92 Å². The molecule has 0 amide bonds. The molecule has 0 saturated heterocycles. The Hall–Kier alpha value is -2.49. The quantitative estimate of drug-likeness (QED) is 0.402. The first-order valence-electron chi connectivity index (χ1n) is 9.92. The third-order valence-electron chi connectivity index (χ3n) is 6.38. The molecule has 0 atom stereocenters. The Morgan fingerprint density at radius 1 is 0.704 bits per heavy atom. The van der Waals surface area contributed by atoms with Crippen molar-refractivity contribution in [2.75, 3.05) is 0 Å². The van der Waals surface area contributed by atoms with Gasteiger partial charge in [-0.25, -0.2) is 0 Å². The number of nitrogens with zero attached hydrogens (tertiary/aromatic N) is 1. The van der Waals surface area contributed by atoms with Gasteiger partial charge in [0, 0.05) is 23.3 Å². The topological polar surface area (TPSA) is 60.2 Å². The third-order valence-corrected chi connectivity index (χ3v) is 6.38. The van der Waals surface area contributed by atoms with Crippen molar-refractivity contribution in [1.82, 2.24) is 0 Å². The van der Waals surface area contributed by atoms with Crippen molar-refractivity contribution in [2.45, 2.75) is 38.5 Å². The number of nitro groups is 1. The van der Waals surface area contributed by atoms with E-state index in [-0.39, 0.29) is 11.5 Å². The van der Waals surface area contributed by atoms with E-state index in [9.17, 15) is 14.9 Å². The van der Waals surface area contributed by atoms with Crippen molar-refractivity contribution in [2.24, 2.45) is 23.7 Å². The molecule has 0 aliphatic heterocycles. The molecule has 4 aliphatic carbocycles. The minimum Gasteiger partial charge on any atom is -0.289 e. The van der Waals surface area contributed by atoms with Crippen LogP contribution in [-0.4, -0.2) is 10.7 Å². The highest BCUT2D eigenvalue weighted by Gasteiger charge is 2.41. The number of rotatable bonds is 3. The van der Waals surface area contributed by atoms with Gasteiger partial charge in [-0.1, -0.05) is 30.3 Å². The van der Waals surface area contributed by atoms with Gasteiger partial charge in [-0.15, -0.1) is 0 Å². The van der Waals surface area contributed by atoms with E-state index >= 15 is 0 Å². The van der Waals surface area contributed by atoms with Gasteiger partial charge in [0.05, 0.1) is 4.92 Å². The average Bonchev–Trinajstić information content (AvgIpc) is 2.68. The lowest BCUT2D eigenvalue weighted by molar-refractivity contribution is -0.384. The molecule has 4 heteroatoms. The van der Waals surface area contributed by atoms with Crippen molar-refractivity contribution >= 4 is 11.5 Å². The largest absolute Gasteiger partial charge is 0.289 e. The number of carbonyl (C=O) groups is 1. The van der Waals surface area contributed by atoms with Gasteiger partial charge in [0.15, 0.2) is 5.78 Å². The molecule has 4 fully saturated rings. The molecule has 2 aromatic carbocycles. The molecule has 2 aromatic rings. The molecule has 4 nitrogen and oxygen atoms in total. The normalized spacial score (nSPS) is 27.6. The summed E-state index contributed by atoms with van der Waals surface area (Å²) in [4.78, 5) is 21.9. The Morgan fingerprint density at radius 2 is 1.11 bits per heavy atom. The molecule has 27 heavy (non-hydrogen) atoms. The van der Waals surface area contributed by atoms with Crippen LogP contribution in [-0.2, 0) is 0 Å². The fourth-order valence-corrected chi connectivity index (χ4v) is 5.47. The summed E-state index contributed by atoms with van der Waals surface area (Å²) < 4.78 is 0. The first kappa shape index (κ1) is 17.9. The zero-order valence-electron chi connectivity index (χ0n) is 15.4. The number of non-ortho nitro benzene ring substituents is 1. The highest BCUT2D eigenvalue weighted by molar-refractivity contribution is 6.09. The predicted molar refractivity (Wildman–Crippen MR) is 105 cm³/mol. The standard InChI is InChI=1S/C13H9NO3.C10H16/c15-13(10-4-2-1-3-5-10)11-6-8-12(9-7-11)14(16)17;1-7-2-9-4-8(1)5-10(3-7)6-9/h1-9H;7-10H,1-6H2. The maximum absolute atomic E-state index is 12.0. The summed E-state index contributed by atoms with van der Waals surface area (Å²) in [6.45, 7) is 0. The van der Waals surface area contributed by atoms with Crippen LogP contribution in [0.3, 0.4) is 0 Å². The number of carbonyl (C=O) groups excluding carboxylic acids is 1. The molecule has 0 heterocycles. The molecule has 140 valence electrons. The molecule has 4 bridgehead atoms. The van der Waals surface area contributed by atoms with Crippen molar-refractivity contribution in [3.05, 3.63) is 75.8 Å². The van der Waals surface area contributed by atoms with Gasteiger partial charge in [0.1, 0.15) is 0 Å². The zero-order chi connectivity index (χ0) is 18.8. The third kappa shape index (κ3) is 4.10. The van der Waals surface area contributed by atoms with Gasteiger partial charge in [0.2, 0.25) is 0 Å². The lowest BCUT2D eigenvalue weighted by Crippen LogP contribution is -2.38. The van der Waals surface area contributed by atoms with E-state index in [1.54, 1.807) is 62.8 Å². The van der Waals surface area contributed by atoms with E-state index in [0.717, 1.165) is 0 Å². The summed E-state index contributed by atoms with van der Waals surface area (Å²) in [5.41, 5.74) is 0.998. The maximum atomic E-state index is 12.0. The van der Waals surface area contributed by atoms with Crippen LogP contribution in [0, 0.1) is 33.8 Å². The molecule has 0 radical (unpaired) electrons. The molecule has 4 aliphatic rings. The van der Waals surface area contributed by atoms with Crippen molar-refractivity contribution in [3.8, 4) is 0 Å². The SMILES string of the molecule is C1C2CC3CC1CC(C2)C3.O=C(c1ccccc1)c1ccc([N+](=O)[O-])cc1. The maximum Gasteiger partial charge on any atom is 0.269 e. The Kier molecular flexibility index (Phi) is 5.06. The molecule has 0 spiro atoms. The van der Waals surface area contributed by atoms with Crippen LogP contribution in [0.4, 0.5) is 5.69 Å². The predicted octanol–water partition coefficient (Wildman–Crippen LogP) is 5.66. The molecule has 0 unspecified atom stereocenters. The Bertz CT molecular complexity index is 757. The summed E-state index contributed by atoms with van der Waals surface area (Å²) in [5, 5.41) is 10.5. The van der Waals surface area contributed by atoms with E-state index in [4.69, 9.17) is 0 Å². The molecule has 0 aromatic heterocycles. The minimum atomic E-state index is -0.489. The fraction of sp³-hybridized carbons (Fsp3) is 0.435. The average molecular weight is 363 g/mol. The lowest BCUT2D eigenvalue weighted by atomic mass is 9.56. The zero-order valence-corrected chi connectivity index (χ0v) is 15.4. The summed E-state index contributed by atoms with van der Waals surface area (Å²) in [7, 11) is 0. The molecule has 4 saturated carbocycles. The van der Waals surface area contributed by atoms with E-state index in [0.29, 0.717) is 11.1 Å². The van der Waals surface area contributed by atoms with Gasteiger partial charge in [-0.05, 0) is 74.3 Å². The molecule has 6 rings (SSSR count). The monoisotopic (exact) mass is 363 g/mol. The Morgan fingerprint density at radius 3 is 1.52 bits per heavy atom. The van der Waals surface area contributed by atoms with Crippen LogP contribution in [0.5, 0.6) is 0 Å². The smallest absolute Gasteiger partial charge is 0.269 e. The highest BCUT2D eigenvalue weighted by Crippen LogP contribution is 2.53. The van der Waals surface area contributed by atoms with Crippen LogP contribution < -0.4 is 0 Å². The van der Waals surface area contributed by atoms with Crippen LogP contribution in [0.15, 0.2) is 54.6 Å². The van der Waals surface area contributed by atoms with Gasteiger partial charge in [-0.2, -0.15) is 0 Å².